The highest BCUT2D eigenvalue weighted by Gasteiger charge is 2.21. The van der Waals surface area contributed by atoms with Crippen LogP contribution in [0.15, 0.2) is 29.6 Å². The highest BCUT2D eigenvalue weighted by atomic mass is 35.5. The van der Waals surface area contributed by atoms with Crippen LogP contribution in [0.4, 0.5) is 0 Å². The van der Waals surface area contributed by atoms with Crippen LogP contribution < -0.4 is 0 Å². The monoisotopic (exact) mass is 383 g/mol. The van der Waals surface area contributed by atoms with E-state index in [9.17, 15) is 14.7 Å². The summed E-state index contributed by atoms with van der Waals surface area (Å²) in [5.41, 5.74) is 1.50. The standard InChI is InChI=1S/C17H18ClNO3S2/c1-23-7-6-11(17(21)22)8-13(20)9-12-10-24-16(19-12)14-4-2-3-5-15(14)18/h2-5,10-11H,6-9H2,1H3,(H,21,22)/t11-/m1/s1. The lowest BCUT2D eigenvalue weighted by atomic mass is 9.98. The molecule has 0 bridgehead atoms. The number of hydrogen-bond donors (Lipinski definition) is 1. The van der Waals surface area contributed by atoms with Crippen LogP contribution in [0.2, 0.25) is 5.02 Å². The number of carboxylic acids is 1. The molecule has 1 aromatic heterocycles. The molecule has 0 radical (unpaired) electrons. The van der Waals surface area contributed by atoms with E-state index in [2.05, 4.69) is 4.98 Å². The van der Waals surface area contributed by atoms with Crippen LogP contribution in [0.1, 0.15) is 18.5 Å². The molecule has 1 atom stereocenters. The van der Waals surface area contributed by atoms with Crippen molar-refractivity contribution in [1.29, 1.82) is 0 Å². The second kappa shape index (κ2) is 9.20. The molecule has 0 saturated heterocycles. The van der Waals surface area contributed by atoms with Crippen LogP contribution in [0.5, 0.6) is 0 Å². The number of carbonyl (C=O) groups is 2. The Kier molecular flexibility index (Phi) is 7.27. The lowest BCUT2D eigenvalue weighted by molar-refractivity contribution is -0.143. The molecule has 0 saturated carbocycles. The summed E-state index contributed by atoms with van der Waals surface area (Å²) >= 11 is 9.17. The first-order valence-electron chi connectivity index (χ1n) is 7.44. The molecule has 0 unspecified atom stereocenters. The third kappa shape index (κ3) is 5.33. The SMILES string of the molecule is CSCC[C@H](CC(=O)Cc1csc(-c2ccccc2Cl)n1)C(=O)O. The van der Waals surface area contributed by atoms with E-state index in [1.807, 2.05) is 29.8 Å². The van der Waals surface area contributed by atoms with Gasteiger partial charge in [-0.1, -0.05) is 29.8 Å². The van der Waals surface area contributed by atoms with E-state index in [0.29, 0.717) is 17.1 Å². The number of Topliss-reactive ketones (excluding diaryl/α,β-unsaturated/α-hetero) is 1. The maximum Gasteiger partial charge on any atom is 0.306 e. The van der Waals surface area contributed by atoms with Crippen LogP contribution in [-0.2, 0) is 16.0 Å². The number of aromatic nitrogens is 1. The smallest absolute Gasteiger partial charge is 0.306 e. The average Bonchev–Trinajstić information content (AvgIpc) is 2.99. The summed E-state index contributed by atoms with van der Waals surface area (Å²) in [6.45, 7) is 0. The van der Waals surface area contributed by atoms with Crippen LogP contribution in [0.3, 0.4) is 0 Å². The molecule has 0 aliphatic carbocycles. The minimum absolute atomic E-state index is 0.0504. The Morgan fingerprint density at radius 1 is 1.38 bits per heavy atom. The van der Waals surface area contributed by atoms with Crippen LogP contribution >= 0.6 is 34.7 Å². The molecule has 24 heavy (non-hydrogen) atoms. The number of thiazole rings is 1. The fourth-order valence-electron chi connectivity index (χ4n) is 2.27. The largest absolute Gasteiger partial charge is 0.481 e. The summed E-state index contributed by atoms with van der Waals surface area (Å²) in [5.74, 6) is -0.893. The predicted octanol–water partition coefficient (Wildman–Crippen LogP) is 4.42. The molecule has 1 heterocycles. The summed E-state index contributed by atoms with van der Waals surface area (Å²) in [4.78, 5) is 27.9. The summed E-state index contributed by atoms with van der Waals surface area (Å²) in [6.07, 6.45) is 2.63. The minimum Gasteiger partial charge on any atom is -0.481 e. The Labute approximate surface area is 154 Å². The van der Waals surface area contributed by atoms with Gasteiger partial charge in [0.1, 0.15) is 10.8 Å². The number of carboxylic acid groups (broad SMARTS) is 1. The molecule has 7 heteroatoms. The number of thioether (sulfide) groups is 1. The van der Waals surface area contributed by atoms with Crippen molar-refractivity contribution < 1.29 is 14.7 Å². The number of ketones is 1. The molecule has 2 aromatic rings. The molecule has 0 aliphatic rings. The van der Waals surface area contributed by atoms with Crippen molar-refractivity contribution in [1.82, 2.24) is 4.98 Å². The number of halogens is 1. The normalized spacial score (nSPS) is 12.1. The highest BCUT2D eigenvalue weighted by molar-refractivity contribution is 7.98. The van der Waals surface area contributed by atoms with Gasteiger partial charge >= 0.3 is 5.97 Å². The fourth-order valence-corrected chi connectivity index (χ4v) is 3.93. The van der Waals surface area contributed by atoms with Crippen molar-refractivity contribution in [2.45, 2.75) is 19.3 Å². The Morgan fingerprint density at radius 2 is 2.12 bits per heavy atom. The molecule has 0 spiro atoms. The number of aliphatic carboxylic acids is 1. The minimum atomic E-state index is -0.910. The second-order valence-corrected chi connectivity index (χ2v) is 7.61. The molecule has 4 nitrogen and oxygen atoms in total. The summed E-state index contributed by atoms with van der Waals surface area (Å²) < 4.78 is 0. The van der Waals surface area contributed by atoms with Crippen molar-refractivity contribution in [3.8, 4) is 10.6 Å². The number of rotatable bonds is 9. The van der Waals surface area contributed by atoms with Gasteiger partial charge in [-0.05, 0) is 24.5 Å². The third-order valence-corrected chi connectivity index (χ3v) is 5.43. The van der Waals surface area contributed by atoms with Gasteiger partial charge in [0, 0.05) is 23.8 Å². The highest BCUT2D eigenvalue weighted by Crippen LogP contribution is 2.30. The Bertz CT molecular complexity index is 717. The van der Waals surface area contributed by atoms with Gasteiger partial charge in [0.05, 0.1) is 16.6 Å². The zero-order valence-electron chi connectivity index (χ0n) is 13.2. The molecule has 128 valence electrons. The van der Waals surface area contributed by atoms with Crippen molar-refractivity contribution in [3.05, 3.63) is 40.4 Å². The van der Waals surface area contributed by atoms with E-state index < -0.39 is 11.9 Å². The first kappa shape index (κ1) is 19.0. The average molecular weight is 384 g/mol. The van der Waals surface area contributed by atoms with E-state index in [-0.39, 0.29) is 18.6 Å². The van der Waals surface area contributed by atoms with Gasteiger partial charge in [0.15, 0.2) is 0 Å². The quantitative estimate of drug-likeness (QED) is 0.694. The molecule has 0 aliphatic heterocycles. The second-order valence-electron chi connectivity index (χ2n) is 5.36. The lowest BCUT2D eigenvalue weighted by Crippen LogP contribution is -2.19. The molecule has 2 rings (SSSR count). The van der Waals surface area contributed by atoms with Crippen molar-refractivity contribution in [3.63, 3.8) is 0 Å². The molecule has 0 amide bonds. The molecular weight excluding hydrogens is 366 g/mol. The molecule has 1 N–H and O–H groups in total. The molecular formula is C17H18ClNO3S2. The number of hydrogen-bond acceptors (Lipinski definition) is 5. The molecule has 1 aromatic carbocycles. The summed E-state index contributed by atoms with van der Waals surface area (Å²) in [6, 6.07) is 7.42. The Balaban J connectivity index is 2.00. The van der Waals surface area contributed by atoms with Gasteiger partial charge in [-0.25, -0.2) is 4.98 Å². The van der Waals surface area contributed by atoms with Crippen molar-refractivity contribution >= 4 is 46.5 Å². The van der Waals surface area contributed by atoms with Gasteiger partial charge < -0.3 is 5.11 Å². The zero-order chi connectivity index (χ0) is 17.5. The first-order valence-corrected chi connectivity index (χ1v) is 10.1. The van der Waals surface area contributed by atoms with Crippen LogP contribution in [0.25, 0.3) is 10.6 Å². The lowest BCUT2D eigenvalue weighted by Gasteiger charge is -2.10. The number of carbonyl (C=O) groups excluding carboxylic acids is 1. The topological polar surface area (TPSA) is 67.3 Å². The maximum atomic E-state index is 12.2. The Hall–Kier alpha value is -1.37. The zero-order valence-corrected chi connectivity index (χ0v) is 15.6. The summed E-state index contributed by atoms with van der Waals surface area (Å²) in [7, 11) is 0. The van der Waals surface area contributed by atoms with E-state index in [0.717, 1.165) is 16.3 Å². The van der Waals surface area contributed by atoms with Crippen molar-refractivity contribution in [2.24, 2.45) is 5.92 Å². The number of benzene rings is 1. The number of nitrogens with zero attached hydrogens (tertiary/aromatic N) is 1. The van der Waals surface area contributed by atoms with E-state index in [4.69, 9.17) is 11.6 Å². The summed E-state index contributed by atoms with van der Waals surface area (Å²) in [5, 5.41) is 12.4. The van der Waals surface area contributed by atoms with Crippen molar-refractivity contribution in [2.75, 3.05) is 12.0 Å². The van der Waals surface area contributed by atoms with E-state index >= 15 is 0 Å². The van der Waals surface area contributed by atoms with Gasteiger partial charge in [-0.2, -0.15) is 11.8 Å². The van der Waals surface area contributed by atoms with Gasteiger partial charge in [0.25, 0.3) is 0 Å². The van der Waals surface area contributed by atoms with Crippen LogP contribution in [0, 0.1) is 5.92 Å². The molecule has 0 fully saturated rings. The fraction of sp³-hybridized carbons (Fsp3) is 0.353. The van der Waals surface area contributed by atoms with Gasteiger partial charge in [0.2, 0.25) is 0 Å². The van der Waals surface area contributed by atoms with Gasteiger partial charge in [-0.15, -0.1) is 11.3 Å². The Morgan fingerprint density at radius 3 is 2.79 bits per heavy atom. The van der Waals surface area contributed by atoms with Crippen LogP contribution in [-0.4, -0.2) is 33.9 Å². The van der Waals surface area contributed by atoms with Gasteiger partial charge in [-0.3, -0.25) is 9.59 Å². The van der Waals surface area contributed by atoms with E-state index in [1.165, 1.54) is 11.3 Å². The maximum absolute atomic E-state index is 12.2. The first-order chi connectivity index (χ1) is 11.5. The third-order valence-electron chi connectivity index (χ3n) is 3.53. The predicted molar refractivity (Wildman–Crippen MR) is 100 cm³/mol. The van der Waals surface area contributed by atoms with E-state index in [1.54, 1.807) is 17.8 Å².